The van der Waals surface area contributed by atoms with E-state index in [1.165, 1.54) is 13.0 Å². The summed E-state index contributed by atoms with van der Waals surface area (Å²) in [5, 5.41) is 3.13. The summed E-state index contributed by atoms with van der Waals surface area (Å²) in [5.74, 6) is -3.31. The van der Waals surface area contributed by atoms with Crippen LogP contribution in [0.25, 0.3) is 0 Å². The highest BCUT2D eigenvalue weighted by atomic mass is 79.9. The van der Waals surface area contributed by atoms with Crippen LogP contribution in [-0.2, 0) is 29.5 Å². The first-order chi connectivity index (χ1) is 12.2. The predicted molar refractivity (Wildman–Crippen MR) is 94.8 cm³/mol. The third-order valence-corrected chi connectivity index (χ3v) is 4.52. The highest BCUT2D eigenvalue weighted by molar-refractivity contribution is 9.09. The minimum atomic E-state index is -1.75. The van der Waals surface area contributed by atoms with Gasteiger partial charge in [-0.1, -0.05) is 27.5 Å². The van der Waals surface area contributed by atoms with Crippen molar-refractivity contribution < 1.29 is 28.2 Å². The standard InChI is InChI=1S/C17H16BrClFNO5/c1-9(22)25-14-15(24)17(2,11-8-10(20)5-6-12(11)19)26-16(14)21-13(23)4-3-7-18/h5-6,8H,3-4,7H2,1-2H3,(H,21,23). The second kappa shape index (κ2) is 8.18. The number of rotatable bonds is 6. The number of nitrogens with one attached hydrogen (secondary N) is 1. The Morgan fingerprint density at radius 1 is 1.42 bits per heavy atom. The molecule has 1 aliphatic heterocycles. The summed E-state index contributed by atoms with van der Waals surface area (Å²) in [6.45, 7) is 2.46. The van der Waals surface area contributed by atoms with Crippen molar-refractivity contribution in [1.29, 1.82) is 0 Å². The fourth-order valence-electron chi connectivity index (χ4n) is 2.39. The second-order valence-electron chi connectivity index (χ2n) is 5.68. The lowest BCUT2D eigenvalue weighted by Crippen LogP contribution is -2.33. The van der Waals surface area contributed by atoms with Crippen LogP contribution in [0, 0.1) is 5.82 Å². The molecule has 1 heterocycles. The molecule has 0 fully saturated rings. The van der Waals surface area contributed by atoms with E-state index < -0.39 is 34.8 Å². The number of halogens is 3. The van der Waals surface area contributed by atoms with Crippen LogP contribution in [0.1, 0.15) is 32.3 Å². The molecule has 1 N–H and O–H groups in total. The van der Waals surface area contributed by atoms with E-state index in [2.05, 4.69) is 21.2 Å². The number of esters is 1. The number of carbonyl (C=O) groups is 3. The molecule has 0 aromatic heterocycles. The average Bonchev–Trinajstić information content (AvgIpc) is 2.80. The molecular formula is C17H16BrClFNO5. The van der Waals surface area contributed by atoms with E-state index >= 15 is 0 Å². The molecule has 1 amide bonds. The van der Waals surface area contributed by atoms with Gasteiger partial charge in [-0.3, -0.25) is 19.7 Å². The highest BCUT2D eigenvalue weighted by Gasteiger charge is 2.51. The van der Waals surface area contributed by atoms with E-state index in [0.29, 0.717) is 11.8 Å². The number of ether oxygens (including phenoxy) is 2. The minimum absolute atomic E-state index is 0.0542. The first kappa shape index (κ1) is 20.4. The van der Waals surface area contributed by atoms with E-state index in [-0.39, 0.29) is 22.9 Å². The zero-order valence-electron chi connectivity index (χ0n) is 14.0. The molecule has 1 atom stereocenters. The van der Waals surface area contributed by atoms with Crippen molar-refractivity contribution in [3.63, 3.8) is 0 Å². The Balaban J connectivity index is 2.40. The fraction of sp³-hybridized carbons (Fsp3) is 0.353. The summed E-state index contributed by atoms with van der Waals surface area (Å²) >= 11 is 9.30. The van der Waals surface area contributed by atoms with Gasteiger partial charge in [0.25, 0.3) is 5.78 Å². The predicted octanol–water partition coefficient (Wildman–Crippen LogP) is 3.32. The van der Waals surface area contributed by atoms with Crippen LogP contribution in [0.15, 0.2) is 29.8 Å². The van der Waals surface area contributed by atoms with Gasteiger partial charge in [-0.05, 0) is 31.5 Å². The minimum Gasteiger partial charge on any atom is -0.456 e. The highest BCUT2D eigenvalue weighted by Crippen LogP contribution is 2.41. The molecule has 0 saturated heterocycles. The molecule has 140 valence electrons. The number of Topliss-reactive ketones (excluding diaryl/α,β-unsaturated/α-hetero) is 1. The largest absolute Gasteiger partial charge is 0.456 e. The number of hydrogen-bond donors (Lipinski definition) is 1. The van der Waals surface area contributed by atoms with Gasteiger partial charge in [0.2, 0.25) is 23.2 Å². The van der Waals surface area contributed by atoms with Gasteiger partial charge in [-0.15, -0.1) is 0 Å². The maximum absolute atomic E-state index is 13.7. The molecule has 26 heavy (non-hydrogen) atoms. The first-order valence-corrected chi connectivity index (χ1v) is 9.17. The van der Waals surface area contributed by atoms with Gasteiger partial charge in [0, 0.05) is 29.3 Å². The van der Waals surface area contributed by atoms with Crippen molar-refractivity contribution in [2.45, 2.75) is 32.3 Å². The van der Waals surface area contributed by atoms with Gasteiger partial charge in [-0.2, -0.15) is 0 Å². The number of carbonyl (C=O) groups excluding carboxylic acids is 3. The van der Waals surface area contributed by atoms with Crippen LogP contribution in [0.3, 0.4) is 0 Å². The fourth-order valence-corrected chi connectivity index (χ4v) is 2.97. The third kappa shape index (κ3) is 4.24. The Kier molecular flexibility index (Phi) is 6.41. The van der Waals surface area contributed by atoms with Crippen LogP contribution >= 0.6 is 27.5 Å². The van der Waals surface area contributed by atoms with Gasteiger partial charge in [-0.25, -0.2) is 4.39 Å². The van der Waals surface area contributed by atoms with Crippen molar-refractivity contribution in [2.75, 3.05) is 5.33 Å². The molecule has 1 aromatic rings. The van der Waals surface area contributed by atoms with E-state index in [1.807, 2.05) is 0 Å². The van der Waals surface area contributed by atoms with Crippen molar-refractivity contribution in [3.8, 4) is 0 Å². The van der Waals surface area contributed by atoms with Gasteiger partial charge in [0.1, 0.15) is 5.82 Å². The van der Waals surface area contributed by atoms with Crippen LogP contribution in [-0.4, -0.2) is 23.0 Å². The molecule has 0 aliphatic carbocycles. The molecule has 0 radical (unpaired) electrons. The Hall–Kier alpha value is -1.93. The lowest BCUT2D eigenvalue weighted by Gasteiger charge is -2.24. The molecule has 1 aromatic carbocycles. The van der Waals surface area contributed by atoms with Crippen molar-refractivity contribution in [1.82, 2.24) is 5.32 Å². The smallest absolute Gasteiger partial charge is 0.308 e. The number of amides is 1. The molecular weight excluding hydrogens is 433 g/mol. The van der Waals surface area contributed by atoms with E-state index in [1.54, 1.807) is 0 Å². The van der Waals surface area contributed by atoms with Crippen molar-refractivity contribution >= 4 is 45.2 Å². The monoisotopic (exact) mass is 447 g/mol. The van der Waals surface area contributed by atoms with E-state index in [9.17, 15) is 18.8 Å². The first-order valence-electron chi connectivity index (χ1n) is 7.67. The second-order valence-corrected chi connectivity index (χ2v) is 6.88. The Morgan fingerprint density at radius 2 is 2.12 bits per heavy atom. The molecule has 2 rings (SSSR count). The van der Waals surface area contributed by atoms with Crippen LogP contribution < -0.4 is 5.32 Å². The van der Waals surface area contributed by atoms with Gasteiger partial charge < -0.3 is 9.47 Å². The summed E-state index contributed by atoms with van der Waals surface area (Å²) < 4.78 is 24.2. The SMILES string of the molecule is CC(=O)OC1=C(NC(=O)CCCBr)OC(C)(c2cc(F)ccc2Cl)C1=O. The Morgan fingerprint density at radius 3 is 2.73 bits per heavy atom. The topological polar surface area (TPSA) is 81.7 Å². The van der Waals surface area contributed by atoms with Crippen molar-refractivity contribution in [3.05, 3.63) is 46.2 Å². The quantitative estimate of drug-likeness (QED) is 0.533. The molecule has 6 nitrogen and oxygen atoms in total. The Bertz CT molecular complexity index is 797. The van der Waals surface area contributed by atoms with Crippen LogP contribution in [0.2, 0.25) is 5.02 Å². The van der Waals surface area contributed by atoms with Gasteiger partial charge >= 0.3 is 5.97 Å². The van der Waals surface area contributed by atoms with Gasteiger partial charge in [0.05, 0.1) is 0 Å². The molecule has 9 heteroatoms. The maximum Gasteiger partial charge on any atom is 0.308 e. The zero-order valence-corrected chi connectivity index (χ0v) is 16.4. The normalized spacial score (nSPS) is 19.3. The lowest BCUT2D eigenvalue weighted by molar-refractivity contribution is -0.142. The van der Waals surface area contributed by atoms with E-state index in [0.717, 1.165) is 19.1 Å². The summed E-state index contributed by atoms with van der Waals surface area (Å²) in [4.78, 5) is 36.2. The lowest BCUT2D eigenvalue weighted by atomic mass is 9.91. The number of alkyl halides is 1. The number of ketones is 1. The number of hydrogen-bond acceptors (Lipinski definition) is 5. The Labute approximate surface area is 162 Å². The molecule has 0 saturated carbocycles. The number of benzene rings is 1. The summed E-state index contributed by atoms with van der Waals surface area (Å²) in [6, 6.07) is 3.48. The molecule has 0 spiro atoms. The summed E-state index contributed by atoms with van der Waals surface area (Å²) in [6.07, 6.45) is 0.722. The van der Waals surface area contributed by atoms with Crippen LogP contribution in [0.5, 0.6) is 0 Å². The van der Waals surface area contributed by atoms with Crippen molar-refractivity contribution in [2.24, 2.45) is 0 Å². The summed E-state index contributed by atoms with van der Waals surface area (Å²) in [5.41, 5.74) is -1.69. The zero-order chi connectivity index (χ0) is 19.5. The maximum atomic E-state index is 13.7. The molecule has 1 unspecified atom stereocenters. The van der Waals surface area contributed by atoms with Crippen LogP contribution in [0.4, 0.5) is 4.39 Å². The third-order valence-electron chi connectivity index (χ3n) is 3.63. The van der Waals surface area contributed by atoms with Gasteiger partial charge in [0.15, 0.2) is 0 Å². The average molecular weight is 449 g/mol. The molecule has 0 bridgehead atoms. The summed E-state index contributed by atoms with van der Waals surface area (Å²) in [7, 11) is 0. The van der Waals surface area contributed by atoms with E-state index in [4.69, 9.17) is 21.1 Å². The molecule has 1 aliphatic rings.